The van der Waals surface area contributed by atoms with Gasteiger partial charge in [-0.05, 0) is 62.2 Å². The number of benzene rings is 2. The highest BCUT2D eigenvalue weighted by Crippen LogP contribution is 2.15. The van der Waals surface area contributed by atoms with Gasteiger partial charge in [-0.3, -0.25) is 9.89 Å². The minimum absolute atomic E-state index is 0.0605. The van der Waals surface area contributed by atoms with E-state index >= 15 is 0 Å². The molecule has 0 amide bonds. The standard InChI is InChI=1S/C18H19N3O2.C8H11N.2CH2O/c1-12-4-9-17(19-11-12)21-18(22)16(13(2)20-21)10-14-5-7-15(23-3)8-6-14;1-2-9-8-6-4-3-5-7-8;2*1-2/h4-9,11,20H,10H2,1-3H3;3-7,9H,2H2,1H3;2*1H2. The molecule has 0 saturated heterocycles. The van der Waals surface area contributed by atoms with Crippen molar-refractivity contribution in [3.05, 3.63) is 106 Å². The molecular formula is C28H34N4O4. The molecule has 0 radical (unpaired) electrons. The average Bonchev–Trinajstić information content (AvgIpc) is 3.21. The fourth-order valence-electron chi connectivity index (χ4n) is 3.25. The molecule has 2 aromatic heterocycles. The smallest absolute Gasteiger partial charge is 0.276 e. The predicted molar refractivity (Wildman–Crippen MR) is 144 cm³/mol. The molecule has 0 fully saturated rings. The largest absolute Gasteiger partial charge is 0.497 e. The number of ether oxygens (including phenoxy) is 1. The van der Waals surface area contributed by atoms with Gasteiger partial charge in [0.2, 0.25) is 0 Å². The Morgan fingerprint density at radius 3 is 2.11 bits per heavy atom. The molecule has 2 heterocycles. The fourth-order valence-corrected chi connectivity index (χ4v) is 3.25. The third-order valence-corrected chi connectivity index (χ3v) is 5.01. The van der Waals surface area contributed by atoms with E-state index in [-0.39, 0.29) is 5.56 Å². The summed E-state index contributed by atoms with van der Waals surface area (Å²) in [6.07, 6.45) is 2.32. The molecule has 190 valence electrons. The van der Waals surface area contributed by atoms with Crippen LogP contribution in [0.5, 0.6) is 5.75 Å². The Bertz CT molecular complexity index is 1200. The van der Waals surface area contributed by atoms with E-state index in [2.05, 4.69) is 34.5 Å². The van der Waals surface area contributed by atoms with Crippen LogP contribution in [-0.4, -0.2) is 42.0 Å². The molecule has 0 aliphatic carbocycles. The van der Waals surface area contributed by atoms with Crippen LogP contribution in [0.15, 0.2) is 77.7 Å². The minimum Gasteiger partial charge on any atom is -0.497 e. The number of H-pyrrole nitrogens is 1. The van der Waals surface area contributed by atoms with Crippen molar-refractivity contribution in [1.82, 2.24) is 14.8 Å². The monoisotopic (exact) mass is 490 g/mol. The van der Waals surface area contributed by atoms with E-state index in [0.717, 1.165) is 34.7 Å². The Morgan fingerprint density at radius 1 is 0.944 bits per heavy atom. The molecule has 2 N–H and O–H groups in total. The van der Waals surface area contributed by atoms with Crippen molar-refractivity contribution in [2.75, 3.05) is 19.0 Å². The van der Waals surface area contributed by atoms with E-state index in [1.807, 2.05) is 82.0 Å². The number of carbonyl (C=O) groups is 2. The van der Waals surface area contributed by atoms with Crippen LogP contribution in [0.25, 0.3) is 5.82 Å². The third-order valence-electron chi connectivity index (χ3n) is 5.01. The number of nitrogens with zero attached hydrogens (tertiary/aromatic N) is 2. The molecule has 0 saturated carbocycles. The Balaban J connectivity index is 0.000000417. The van der Waals surface area contributed by atoms with E-state index in [1.165, 1.54) is 10.4 Å². The Labute approximate surface area is 212 Å². The summed E-state index contributed by atoms with van der Waals surface area (Å²) in [4.78, 5) is 33.0. The van der Waals surface area contributed by atoms with Gasteiger partial charge >= 0.3 is 0 Å². The van der Waals surface area contributed by atoms with Crippen LogP contribution in [0.4, 0.5) is 5.69 Å². The Morgan fingerprint density at radius 2 is 1.58 bits per heavy atom. The van der Waals surface area contributed by atoms with Crippen LogP contribution in [0, 0.1) is 13.8 Å². The number of pyridine rings is 1. The SMILES string of the molecule is C=O.C=O.CCNc1ccccc1.COc1ccc(Cc2c(C)[nH]n(-c3ccc(C)cn3)c2=O)cc1. The first-order valence-corrected chi connectivity index (χ1v) is 11.2. The molecule has 0 unspecified atom stereocenters. The molecule has 0 bridgehead atoms. The zero-order chi connectivity index (χ0) is 26.9. The number of aryl methyl sites for hydroxylation is 2. The van der Waals surface area contributed by atoms with Crippen molar-refractivity contribution in [1.29, 1.82) is 0 Å². The van der Waals surface area contributed by atoms with Crippen LogP contribution >= 0.6 is 0 Å². The summed E-state index contributed by atoms with van der Waals surface area (Å²) in [6, 6.07) is 21.7. The zero-order valence-electron chi connectivity index (χ0n) is 21.3. The second-order valence-electron chi connectivity index (χ2n) is 7.47. The number of aromatic amines is 1. The highest BCUT2D eigenvalue weighted by molar-refractivity contribution is 5.42. The molecular weight excluding hydrogens is 456 g/mol. The minimum atomic E-state index is -0.0605. The highest BCUT2D eigenvalue weighted by atomic mass is 16.5. The third kappa shape index (κ3) is 8.72. The summed E-state index contributed by atoms with van der Waals surface area (Å²) in [7, 11) is 1.64. The maximum atomic E-state index is 12.7. The highest BCUT2D eigenvalue weighted by Gasteiger charge is 2.13. The van der Waals surface area contributed by atoms with Gasteiger partial charge in [0.05, 0.1) is 7.11 Å². The van der Waals surface area contributed by atoms with Crippen molar-refractivity contribution in [3.8, 4) is 11.6 Å². The number of hydrogen-bond acceptors (Lipinski definition) is 6. The van der Waals surface area contributed by atoms with Gasteiger partial charge in [0.1, 0.15) is 19.3 Å². The molecule has 0 aliphatic heterocycles. The molecule has 8 heteroatoms. The number of anilines is 1. The number of aromatic nitrogens is 3. The molecule has 4 rings (SSSR count). The van der Waals surface area contributed by atoms with Gasteiger partial charge in [-0.1, -0.05) is 36.4 Å². The predicted octanol–water partition coefficient (Wildman–Crippen LogP) is 4.53. The van der Waals surface area contributed by atoms with Crippen molar-refractivity contribution in [2.45, 2.75) is 27.2 Å². The lowest BCUT2D eigenvalue weighted by Gasteiger charge is -2.02. The normalized spacial score (nSPS) is 9.33. The Kier molecular flexibility index (Phi) is 13.3. The summed E-state index contributed by atoms with van der Waals surface area (Å²) in [5, 5.41) is 6.32. The van der Waals surface area contributed by atoms with Gasteiger partial charge in [-0.25, -0.2) is 9.67 Å². The van der Waals surface area contributed by atoms with Gasteiger partial charge in [0, 0.05) is 36.1 Å². The summed E-state index contributed by atoms with van der Waals surface area (Å²) >= 11 is 0. The lowest BCUT2D eigenvalue weighted by Crippen LogP contribution is -2.18. The molecule has 0 aliphatic rings. The van der Waals surface area contributed by atoms with Crippen LogP contribution in [0.3, 0.4) is 0 Å². The summed E-state index contributed by atoms with van der Waals surface area (Å²) < 4.78 is 6.65. The quantitative estimate of drug-likeness (QED) is 0.411. The number of para-hydroxylation sites is 1. The van der Waals surface area contributed by atoms with Crippen LogP contribution in [0.1, 0.15) is 29.3 Å². The van der Waals surface area contributed by atoms with E-state index in [1.54, 1.807) is 13.3 Å². The average molecular weight is 491 g/mol. The van der Waals surface area contributed by atoms with E-state index in [4.69, 9.17) is 14.3 Å². The molecule has 2 aromatic carbocycles. The summed E-state index contributed by atoms with van der Waals surface area (Å²) in [5.74, 6) is 1.41. The molecule has 36 heavy (non-hydrogen) atoms. The van der Waals surface area contributed by atoms with Crippen LogP contribution in [0.2, 0.25) is 0 Å². The van der Waals surface area contributed by atoms with Crippen molar-refractivity contribution < 1.29 is 14.3 Å². The van der Waals surface area contributed by atoms with Crippen LogP contribution < -0.4 is 15.6 Å². The van der Waals surface area contributed by atoms with E-state index in [0.29, 0.717) is 12.2 Å². The van der Waals surface area contributed by atoms with Crippen molar-refractivity contribution >= 4 is 19.3 Å². The van der Waals surface area contributed by atoms with E-state index < -0.39 is 0 Å². The molecule has 0 spiro atoms. The molecule has 4 aromatic rings. The van der Waals surface area contributed by atoms with E-state index in [9.17, 15) is 4.79 Å². The molecule has 8 nitrogen and oxygen atoms in total. The number of carbonyl (C=O) groups excluding carboxylic acids is 2. The second kappa shape index (κ2) is 16.2. The maximum absolute atomic E-state index is 12.7. The number of methoxy groups -OCH3 is 1. The number of nitrogens with one attached hydrogen (secondary N) is 2. The van der Waals surface area contributed by atoms with Gasteiger partial charge in [0.25, 0.3) is 5.56 Å². The van der Waals surface area contributed by atoms with Crippen molar-refractivity contribution in [3.63, 3.8) is 0 Å². The van der Waals surface area contributed by atoms with Gasteiger partial charge in [-0.15, -0.1) is 0 Å². The zero-order valence-corrected chi connectivity index (χ0v) is 21.3. The topological polar surface area (TPSA) is 106 Å². The number of hydrogen-bond donors (Lipinski definition) is 2. The summed E-state index contributed by atoms with van der Waals surface area (Å²) in [5.41, 5.74) is 4.86. The van der Waals surface area contributed by atoms with Gasteiger partial charge in [0.15, 0.2) is 5.82 Å². The lowest BCUT2D eigenvalue weighted by molar-refractivity contribution is -0.0987. The first kappa shape index (κ1) is 29.6. The lowest BCUT2D eigenvalue weighted by atomic mass is 10.1. The fraction of sp³-hybridized carbons (Fsp3) is 0.214. The first-order chi connectivity index (χ1) is 17.5. The van der Waals surface area contributed by atoms with Gasteiger partial charge < -0.3 is 19.6 Å². The van der Waals surface area contributed by atoms with Crippen LogP contribution in [-0.2, 0) is 16.0 Å². The summed E-state index contributed by atoms with van der Waals surface area (Å²) in [6.45, 7) is 11.0. The maximum Gasteiger partial charge on any atom is 0.276 e. The Hall–Kier alpha value is -4.46. The second-order valence-corrected chi connectivity index (χ2v) is 7.47. The van der Waals surface area contributed by atoms with Crippen molar-refractivity contribution in [2.24, 2.45) is 0 Å². The molecule has 0 atom stereocenters. The number of rotatable bonds is 6. The van der Waals surface area contributed by atoms with Gasteiger partial charge in [-0.2, -0.15) is 0 Å². The first-order valence-electron chi connectivity index (χ1n) is 11.2.